The third-order valence-corrected chi connectivity index (χ3v) is 6.55. The van der Waals surface area contributed by atoms with Gasteiger partial charge in [0.25, 0.3) is 0 Å². The fourth-order valence-corrected chi connectivity index (χ4v) is 4.33. The molecular weight excluding hydrogens is 460 g/mol. The minimum atomic E-state index is -0.961. The number of benzene rings is 1. The monoisotopic (exact) mass is 490 g/mol. The Morgan fingerprint density at radius 3 is 2.59 bits per heavy atom. The zero-order chi connectivity index (χ0) is 24.1. The first-order chi connectivity index (χ1) is 16.3. The van der Waals surface area contributed by atoms with E-state index in [4.69, 9.17) is 25.8 Å². The maximum atomic E-state index is 13.2. The molecule has 0 aliphatic carbocycles. The smallest absolute Gasteiger partial charge is 0.244 e. The highest BCUT2D eigenvalue weighted by atomic mass is 35.5. The topological polar surface area (TPSA) is 86.1 Å². The second-order valence-electron chi connectivity index (χ2n) is 8.93. The van der Waals surface area contributed by atoms with Crippen molar-refractivity contribution in [2.45, 2.75) is 32.4 Å². The molecule has 0 bridgehead atoms. The molecule has 2 aliphatic heterocycles. The van der Waals surface area contributed by atoms with Crippen molar-refractivity contribution >= 4 is 23.4 Å². The van der Waals surface area contributed by atoms with Gasteiger partial charge in [0.15, 0.2) is 0 Å². The van der Waals surface area contributed by atoms with Gasteiger partial charge in [-0.3, -0.25) is 14.3 Å². The van der Waals surface area contributed by atoms with Crippen LogP contribution in [0, 0.1) is 13.8 Å². The molecule has 10 heteroatoms. The highest BCUT2D eigenvalue weighted by Crippen LogP contribution is 2.27. The Labute approximate surface area is 204 Å². The molecule has 2 aromatic rings. The van der Waals surface area contributed by atoms with E-state index in [9.17, 15) is 9.59 Å². The van der Waals surface area contributed by atoms with Gasteiger partial charge in [-0.15, -0.1) is 0 Å². The lowest BCUT2D eigenvalue weighted by molar-refractivity contribution is -0.167. The van der Waals surface area contributed by atoms with Crippen molar-refractivity contribution in [1.29, 1.82) is 0 Å². The van der Waals surface area contributed by atoms with Crippen LogP contribution in [-0.4, -0.2) is 89.6 Å². The fraction of sp³-hybridized carbons (Fsp3) is 0.542. The second kappa shape index (κ2) is 10.8. The number of aromatic nitrogens is 2. The van der Waals surface area contributed by atoms with Gasteiger partial charge >= 0.3 is 0 Å². The van der Waals surface area contributed by atoms with E-state index >= 15 is 0 Å². The zero-order valence-electron chi connectivity index (χ0n) is 19.7. The van der Waals surface area contributed by atoms with Crippen molar-refractivity contribution in [3.8, 4) is 5.75 Å². The lowest BCUT2D eigenvalue weighted by Crippen LogP contribution is -2.59. The van der Waals surface area contributed by atoms with E-state index in [1.165, 1.54) is 0 Å². The Kier molecular flexibility index (Phi) is 7.75. The molecule has 2 amide bonds. The van der Waals surface area contributed by atoms with Crippen LogP contribution in [0.15, 0.2) is 30.6 Å². The number of carbonyl (C=O) groups excluding carboxylic acids is 2. The summed E-state index contributed by atoms with van der Waals surface area (Å²) in [6.07, 6.45) is 3.67. The maximum Gasteiger partial charge on any atom is 0.244 e. The number of halogens is 1. The molecule has 9 nitrogen and oxygen atoms in total. The normalized spacial score (nSPS) is 20.9. The summed E-state index contributed by atoms with van der Waals surface area (Å²) in [6, 6.07) is 5.42. The third kappa shape index (κ3) is 6.08. The van der Waals surface area contributed by atoms with Crippen LogP contribution in [0.25, 0.3) is 0 Å². The van der Waals surface area contributed by atoms with Crippen LogP contribution in [0.1, 0.15) is 17.5 Å². The Bertz CT molecular complexity index is 1020. The summed E-state index contributed by atoms with van der Waals surface area (Å²) >= 11 is 6.14. The molecular formula is C24H31ClN4O5. The Hall–Kier alpha value is -2.62. The van der Waals surface area contributed by atoms with Crippen molar-refractivity contribution in [2.24, 2.45) is 0 Å². The molecule has 0 saturated carbocycles. The van der Waals surface area contributed by atoms with Gasteiger partial charge < -0.3 is 24.0 Å². The van der Waals surface area contributed by atoms with E-state index in [0.29, 0.717) is 50.2 Å². The molecule has 0 N–H and O–H groups in total. The molecule has 0 radical (unpaired) electrons. The highest BCUT2D eigenvalue weighted by Gasteiger charge is 2.42. The van der Waals surface area contributed by atoms with E-state index < -0.39 is 5.60 Å². The lowest BCUT2D eigenvalue weighted by Gasteiger charge is -2.43. The third-order valence-electron chi connectivity index (χ3n) is 6.13. The average Bonchev–Trinajstić information content (AvgIpc) is 3.25. The summed E-state index contributed by atoms with van der Waals surface area (Å²) in [7, 11) is 0. The van der Waals surface area contributed by atoms with Crippen molar-refractivity contribution in [1.82, 2.24) is 19.6 Å². The van der Waals surface area contributed by atoms with Crippen molar-refractivity contribution in [3.63, 3.8) is 0 Å². The van der Waals surface area contributed by atoms with Gasteiger partial charge in [0, 0.05) is 30.9 Å². The number of carbonyl (C=O) groups is 2. The number of amides is 2. The molecule has 0 spiro atoms. The van der Waals surface area contributed by atoms with Crippen molar-refractivity contribution < 1.29 is 23.8 Å². The Morgan fingerprint density at radius 2 is 1.88 bits per heavy atom. The molecule has 3 heterocycles. The summed E-state index contributed by atoms with van der Waals surface area (Å²) in [4.78, 5) is 29.7. The number of aryl methyl sites for hydroxylation is 2. The van der Waals surface area contributed by atoms with Crippen molar-refractivity contribution in [2.75, 3.05) is 52.6 Å². The Balaban J connectivity index is 1.49. The van der Waals surface area contributed by atoms with Gasteiger partial charge in [0.05, 0.1) is 39.0 Å². The minimum Gasteiger partial charge on any atom is -0.490 e. The standard InChI is InChI=1S/C24H31ClN4O5/c1-18-13-26-29(14-18)15-23(31)28-7-10-34-24(16-28,12-22(30)27-5-8-32-9-6-27)17-33-20-3-4-21(25)19(2)11-20/h3-4,11,13-14H,5-10,12,15-17H2,1-2H3/t24-/m0/s1. The second-order valence-corrected chi connectivity index (χ2v) is 9.34. The average molecular weight is 491 g/mol. The molecule has 184 valence electrons. The van der Waals surface area contributed by atoms with E-state index in [-0.39, 0.29) is 37.9 Å². The van der Waals surface area contributed by atoms with Crippen LogP contribution in [0.2, 0.25) is 5.02 Å². The predicted molar refractivity (Wildman–Crippen MR) is 126 cm³/mol. The van der Waals surface area contributed by atoms with Gasteiger partial charge in [-0.05, 0) is 43.2 Å². The summed E-state index contributed by atoms with van der Waals surface area (Å²) in [5, 5.41) is 4.87. The lowest BCUT2D eigenvalue weighted by atomic mass is 9.96. The molecule has 2 fully saturated rings. The van der Waals surface area contributed by atoms with Crippen LogP contribution in [-0.2, 0) is 25.6 Å². The summed E-state index contributed by atoms with van der Waals surface area (Å²) < 4.78 is 19.3. The quantitative estimate of drug-likeness (QED) is 0.590. The Morgan fingerprint density at radius 1 is 1.12 bits per heavy atom. The first-order valence-corrected chi connectivity index (χ1v) is 11.9. The van der Waals surface area contributed by atoms with Gasteiger partial charge in [-0.2, -0.15) is 5.10 Å². The van der Waals surface area contributed by atoms with E-state index in [2.05, 4.69) is 5.10 Å². The largest absolute Gasteiger partial charge is 0.490 e. The molecule has 1 atom stereocenters. The van der Waals surface area contributed by atoms with Crippen molar-refractivity contribution in [3.05, 3.63) is 46.7 Å². The minimum absolute atomic E-state index is 0.0313. The maximum absolute atomic E-state index is 13.2. The summed E-state index contributed by atoms with van der Waals surface area (Å²) in [5.74, 6) is 0.535. The molecule has 0 unspecified atom stereocenters. The van der Waals surface area contributed by atoms with Crippen LogP contribution < -0.4 is 4.74 Å². The summed E-state index contributed by atoms with van der Waals surface area (Å²) in [5.41, 5.74) is 0.928. The van der Waals surface area contributed by atoms with Gasteiger partial charge in [-0.1, -0.05) is 11.6 Å². The summed E-state index contributed by atoms with van der Waals surface area (Å²) in [6.45, 7) is 7.28. The molecule has 4 rings (SSSR count). The number of ether oxygens (including phenoxy) is 3. The highest BCUT2D eigenvalue weighted by molar-refractivity contribution is 6.31. The zero-order valence-corrected chi connectivity index (χ0v) is 20.4. The number of rotatable bonds is 7. The van der Waals surface area contributed by atoms with Crippen LogP contribution >= 0.6 is 11.6 Å². The van der Waals surface area contributed by atoms with Crippen LogP contribution in [0.4, 0.5) is 0 Å². The van der Waals surface area contributed by atoms with Crippen LogP contribution in [0.3, 0.4) is 0 Å². The predicted octanol–water partition coefficient (Wildman–Crippen LogP) is 2.08. The van der Waals surface area contributed by atoms with E-state index in [0.717, 1.165) is 11.1 Å². The number of morpholine rings is 2. The molecule has 1 aromatic heterocycles. The van der Waals surface area contributed by atoms with Gasteiger partial charge in [-0.25, -0.2) is 0 Å². The van der Waals surface area contributed by atoms with Crippen LogP contribution in [0.5, 0.6) is 5.75 Å². The first-order valence-electron chi connectivity index (χ1n) is 11.5. The fourth-order valence-electron chi connectivity index (χ4n) is 4.22. The first kappa shape index (κ1) is 24.5. The number of hydrogen-bond donors (Lipinski definition) is 0. The van der Waals surface area contributed by atoms with Gasteiger partial charge in [0.2, 0.25) is 11.8 Å². The van der Waals surface area contributed by atoms with E-state index in [1.807, 2.05) is 26.1 Å². The molecule has 2 saturated heterocycles. The molecule has 2 aliphatic rings. The molecule has 34 heavy (non-hydrogen) atoms. The molecule has 1 aromatic carbocycles. The van der Waals surface area contributed by atoms with Gasteiger partial charge in [0.1, 0.15) is 24.5 Å². The SMILES string of the molecule is Cc1cnn(CC(=O)N2CCO[C@@](COc3ccc(Cl)c(C)c3)(CC(=O)N3CCOCC3)C2)c1. The number of nitrogens with zero attached hydrogens (tertiary/aromatic N) is 4. The van der Waals surface area contributed by atoms with E-state index in [1.54, 1.807) is 32.8 Å². The number of hydrogen-bond acceptors (Lipinski definition) is 6.